The van der Waals surface area contributed by atoms with E-state index >= 15 is 0 Å². The Kier molecular flexibility index (Phi) is 7.15. The summed E-state index contributed by atoms with van der Waals surface area (Å²) in [6.45, 7) is 3.25. The van der Waals surface area contributed by atoms with Crippen molar-refractivity contribution in [3.63, 3.8) is 0 Å². The summed E-state index contributed by atoms with van der Waals surface area (Å²) in [5.41, 5.74) is 8.01. The average Bonchev–Trinajstić information content (AvgIpc) is 2.86. The molecule has 0 saturated heterocycles. The Morgan fingerprint density at radius 3 is 2.48 bits per heavy atom. The number of halogens is 1. The first-order valence-corrected chi connectivity index (χ1v) is 7.71. The molecule has 23 heavy (non-hydrogen) atoms. The van der Waals surface area contributed by atoms with E-state index in [0.29, 0.717) is 5.13 Å². The highest BCUT2D eigenvalue weighted by Crippen LogP contribution is 2.26. The van der Waals surface area contributed by atoms with Crippen molar-refractivity contribution >= 4 is 46.4 Å². The van der Waals surface area contributed by atoms with Gasteiger partial charge in [-0.2, -0.15) is 0 Å². The average molecular weight is 355 g/mol. The van der Waals surface area contributed by atoms with Crippen molar-refractivity contribution in [2.75, 3.05) is 10.6 Å². The van der Waals surface area contributed by atoms with Gasteiger partial charge in [0.25, 0.3) is 0 Å². The van der Waals surface area contributed by atoms with Crippen molar-refractivity contribution in [2.24, 2.45) is 5.73 Å². The number of carbonyl (C=O) groups excluding carboxylic acids is 2. The molecule has 2 rings (SSSR count). The number of benzene rings is 1. The van der Waals surface area contributed by atoms with Gasteiger partial charge in [-0.25, -0.2) is 4.98 Å². The number of carbonyl (C=O) groups is 2. The zero-order chi connectivity index (χ0) is 16.1. The molecule has 1 unspecified atom stereocenters. The van der Waals surface area contributed by atoms with Gasteiger partial charge in [-0.05, 0) is 19.1 Å². The van der Waals surface area contributed by atoms with Gasteiger partial charge < -0.3 is 16.4 Å². The molecule has 0 bridgehead atoms. The molecular weight excluding hydrogens is 336 g/mol. The third-order valence-electron chi connectivity index (χ3n) is 2.76. The van der Waals surface area contributed by atoms with Crippen LogP contribution < -0.4 is 16.4 Å². The van der Waals surface area contributed by atoms with Crippen LogP contribution in [0.1, 0.15) is 20.3 Å². The van der Waals surface area contributed by atoms with Crippen LogP contribution in [0.15, 0.2) is 29.6 Å². The number of hydrogen-bond acceptors (Lipinski definition) is 5. The Bertz CT molecular complexity index is 670. The molecule has 124 valence electrons. The van der Waals surface area contributed by atoms with Gasteiger partial charge in [0, 0.05) is 36.0 Å². The maximum atomic E-state index is 11.7. The van der Waals surface area contributed by atoms with E-state index < -0.39 is 0 Å². The van der Waals surface area contributed by atoms with Gasteiger partial charge >= 0.3 is 0 Å². The third-order valence-corrected chi connectivity index (χ3v) is 3.52. The summed E-state index contributed by atoms with van der Waals surface area (Å²) in [6, 6.07) is 7.18. The summed E-state index contributed by atoms with van der Waals surface area (Å²) in [6.07, 6.45) is 0.264. The highest BCUT2D eigenvalue weighted by molar-refractivity contribution is 7.14. The standard InChI is InChI=1S/C15H18N4O2S.ClH/c1-9(16)7-14(21)19-15-18-13(8-22-15)11-3-5-12(6-4-11)17-10(2)20;/h3-6,8-9H,7,16H2,1-2H3,(H,17,20)(H,18,19,21);1H. The van der Waals surface area contributed by atoms with Gasteiger partial charge in [0.1, 0.15) is 0 Å². The SMILES string of the molecule is CC(=O)Nc1ccc(-c2csc(NC(=O)CC(C)N)n2)cc1.Cl. The summed E-state index contributed by atoms with van der Waals surface area (Å²) in [5, 5.41) is 7.86. The first kappa shape index (κ1) is 19.1. The molecule has 4 N–H and O–H groups in total. The monoisotopic (exact) mass is 354 g/mol. The van der Waals surface area contributed by atoms with Gasteiger partial charge in [0.15, 0.2) is 5.13 Å². The highest BCUT2D eigenvalue weighted by Gasteiger charge is 2.09. The second-order valence-electron chi connectivity index (χ2n) is 5.03. The molecular formula is C15H19ClN4O2S. The van der Waals surface area contributed by atoms with Crippen molar-refractivity contribution < 1.29 is 9.59 Å². The fourth-order valence-electron chi connectivity index (χ4n) is 1.85. The fourth-order valence-corrected chi connectivity index (χ4v) is 2.59. The number of nitrogens with one attached hydrogen (secondary N) is 2. The van der Waals surface area contributed by atoms with E-state index in [2.05, 4.69) is 15.6 Å². The second kappa shape index (κ2) is 8.61. The normalized spacial score (nSPS) is 11.3. The van der Waals surface area contributed by atoms with Gasteiger partial charge in [-0.1, -0.05) is 12.1 Å². The molecule has 1 atom stereocenters. The smallest absolute Gasteiger partial charge is 0.227 e. The molecule has 0 radical (unpaired) electrons. The minimum absolute atomic E-state index is 0. The molecule has 0 saturated carbocycles. The number of rotatable bonds is 5. The lowest BCUT2D eigenvalue weighted by Gasteiger charge is -2.04. The van der Waals surface area contributed by atoms with Crippen molar-refractivity contribution in [1.82, 2.24) is 4.98 Å². The molecule has 8 heteroatoms. The van der Waals surface area contributed by atoms with Crippen LogP contribution in [0.3, 0.4) is 0 Å². The van der Waals surface area contributed by atoms with Crippen molar-refractivity contribution in [3.8, 4) is 11.3 Å². The van der Waals surface area contributed by atoms with Crippen molar-refractivity contribution in [3.05, 3.63) is 29.6 Å². The van der Waals surface area contributed by atoms with Crippen LogP contribution in [0.25, 0.3) is 11.3 Å². The van der Waals surface area contributed by atoms with Gasteiger partial charge in [0.05, 0.1) is 5.69 Å². The van der Waals surface area contributed by atoms with Crippen LogP contribution >= 0.6 is 23.7 Å². The van der Waals surface area contributed by atoms with E-state index in [9.17, 15) is 9.59 Å². The summed E-state index contributed by atoms with van der Waals surface area (Å²) < 4.78 is 0. The highest BCUT2D eigenvalue weighted by atomic mass is 35.5. The number of nitrogens with two attached hydrogens (primary N) is 1. The van der Waals surface area contributed by atoms with Crippen LogP contribution in [0.4, 0.5) is 10.8 Å². The van der Waals surface area contributed by atoms with E-state index in [1.807, 2.05) is 29.6 Å². The largest absolute Gasteiger partial charge is 0.327 e. The summed E-state index contributed by atoms with van der Waals surface area (Å²) >= 11 is 1.36. The van der Waals surface area contributed by atoms with E-state index in [-0.39, 0.29) is 36.7 Å². The molecule has 0 aliphatic rings. The van der Waals surface area contributed by atoms with Gasteiger partial charge in [0.2, 0.25) is 11.8 Å². The Hall–Kier alpha value is -1.96. The summed E-state index contributed by atoms with van der Waals surface area (Å²) in [4.78, 5) is 27.0. The Morgan fingerprint density at radius 2 is 1.91 bits per heavy atom. The fraction of sp³-hybridized carbons (Fsp3) is 0.267. The Labute approximate surface area is 144 Å². The van der Waals surface area contributed by atoms with E-state index in [1.165, 1.54) is 18.3 Å². The molecule has 0 fully saturated rings. The Morgan fingerprint density at radius 1 is 1.26 bits per heavy atom. The zero-order valence-corrected chi connectivity index (χ0v) is 14.5. The number of anilines is 2. The molecule has 1 aromatic heterocycles. The lowest BCUT2D eigenvalue weighted by atomic mass is 10.1. The number of amides is 2. The zero-order valence-electron chi connectivity index (χ0n) is 12.8. The van der Waals surface area contributed by atoms with Crippen LogP contribution in [-0.4, -0.2) is 22.8 Å². The van der Waals surface area contributed by atoms with Crippen LogP contribution in [-0.2, 0) is 9.59 Å². The third kappa shape index (κ3) is 5.97. The minimum atomic E-state index is -0.180. The molecule has 0 aliphatic carbocycles. The maximum Gasteiger partial charge on any atom is 0.227 e. The molecule has 1 aromatic carbocycles. The van der Waals surface area contributed by atoms with Crippen molar-refractivity contribution in [1.29, 1.82) is 0 Å². The molecule has 2 amide bonds. The predicted octanol–water partition coefficient (Wildman–Crippen LogP) is 2.87. The number of aromatic nitrogens is 1. The Balaban J connectivity index is 0.00000264. The van der Waals surface area contributed by atoms with Crippen molar-refractivity contribution in [2.45, 2.75) is 26.3 Å². The number of thiazole rings is 1. The molecule has 0 spiro atoms. The lowest BCUT2D eigenvalue weighted by molar-refractivity contribution is -0.116. The number of hydrogen-bond donors (Lipinski definition) is 3. The molecule has 1 heterocycles. The van der Waals surface area contributed by atoms with Crippen LogP contribution in [0.5, 0.6) is 0 Å². The molecule has 6 nitrogen and oxygen atoms in total. The summed E-state index contributed by atoms with van der Waals surface area (Å²) in [5.74, 6) is -0.252. The van der Waals surface area contributed by atoms with Crippen LogP contribution in [0.2, 0.25) is 0 Å². The first-order chi connectivity index (χ1) is 10.4. The minimum Gasteiger partial charge on any atom is -0.327 e. The van der Waals surface area contributed by atoms with Gasteiger partial charge in [-0.3, -0.25) is 9.59 Å². The number of nitrogens with zero attached hydrogens (tertiary/aromatic N) is 1. The van der Waals surface area contributed by atoms with E-state index in [0.717, 1.165) is 16.9 Å². The predicted molar refractivity (Wildman–Crippen MR) is 96.0 cm³/mol. The van der Waals surface area contributed by atoms with Gasteiger partial charge in [-0.15, -0.1) is 23.7 Å². The molecule has 0 aliphatic heterocycles. The summed E-state index contributed by atoms with van der Waals surface area (Å²) in [7, 11) is 0. The topological polar surface area (TPSA) is 97.1 Å². The van der Waals surface area contributed by atoms with Crippen LogP contribution in [0, 0.1) is 0 Å². The van der Waals surface area contributed by atoms with E-state index in [1.54, 1.807) is 6.92 Å². The quantitative estimate of drug-likeness (QED) is 0.769. The maximum absolute atomic E-state index is 11.7. The van der Waals surface area contributed by atoms with E-state index in [4.69, 9.17) is 5.73 Å². The second-order valence-corrected chi connectivity index (χ2v) is 5.88. The first-order valence-electron chi connectivity index (χ1n) is 6.83. The lowest BCUT2D eigenvalue weighted by Crippen LogP contribution is -2.23. The molecule has 2 aromatic rings.